The molecule has 1 aliphatic heterocycles. The number of benzene rings is 1. The van der Waals surface area contributed by atoms with Gasteiger partial charge in [0, 0.05) is 52.4 Å². The molecule has 3 aromatic rings. The van der Waals surface area contributed by atoms with Gasteiger partial charge in [-0.2, -0.15) is 5.69 Å². The van der Waals surface area contributed by atoms with E-state index in [1.54, 1.807) is 12.4 Å². The number of allylic oxidation sites excluding steroid dienone is 2. The van der Waals surface area contributed by atoms with E-state index < -0.39 is 17.5 Å². The summed E-state index contributed by atoms with van der Waals surface area (Å²) in [5, 5.41) is 0. The molecule has 247 valence electrons. The first-order valence-corrected chi connectivity index (χ1v) is 17.5. The largest absolute Gasteiger partial charge is 0.660 e. The van der Waals surface area contributed by atoms with Gasteiger partial charge in [0.25, 0.3) is 0 Å². The SMILES string of the molecule is Fc1cc(F)c(/C(=C2\C=CC(C34CC5CC(CC(C5)C3)C4)=N2)c2ccc(C34CC5CC(CC(C5)C3)C4)[n-]2)c(F)c1.[Co].c1ccncc1. The Bertz CT molecular complexity index is 1630. The molecular formula is C40H41CoF3N3-. The Kier molecular flexibility index (Phi) is 7.95. The van der Waals surface area contributed by atoms with Gasteiger partial charge in [-0.05, 0) is 148 Å². The Labute approximate surface area is 285 Å². The number of halogens is 3. The summed E-state index contributed by atoms with van der Waals surface area (Å²) in [5.74, 6) is 1.97. The third kappa shape index (κ3) is 5.49. The fourth-order valence-electron chi connectivity index (χ4n) is 11.9. The van der Waals surface area contributed by atoms with Gasteiger partial charge < -0.3 is 4.98 Å². The summed E-state index contributed by atoms with van der Waals surface area (Å²) in [6.45, 7) is 0. The Morgan fingerprint density at radius 3 is 1.64 bits per heavy atom. The predicted octanol–water partition coefficient (Wildman–Crippen LogP) is 9.59. The molecule has 0 saturated heterocycles. The van der Waals surface area contributed by atoms with Gasteiger partial charge in [0.15, 0.2) is 0 Å². The second-order valence-corrected chi connectivity index (χ2v) is 16.0. The van der Waals surface area contributed by atoms with Crippen molar-refractivity contribution in [3.63, 3.8) is 0 Å². The Balaban J connectivity index is 0.000000420. The first-order chi connectivity index (χ1) is 22.3. The van der Waals surface area contributed by atoms with Crippen LogP contribution in [0, 0.1) is 58.4 Å². The number of nitrogens with zero attached hydrogens (tertiary/aromatic N) is 3. The third-order valence-electron chi connectivity index (χ3n) is 12.8. The standard InChI is InChI=1S/C35H36F3N2.C5H5N.Co/c36-25-11-26(37)32(27(38)12-25)33(28-1-3-30(39-28)34-13-19-5-20(14-34)7-21(6-19)15-34)29-2-4-31(40-29)35-16-22-8-23(17-35)10-24(9-22)18-35;1-2-4-6-5-3-1;/h1-4,11-12,19-24H,5-10,13-18H2;1-5H;/q-1;;/b33-28+;;. The molecule has 0 N–H and O–H groups in total. The van der Waals surface area contributed by atoms with Crippen molar-refractivity contribution < 1.29 is 30.0 Å². The van der Waals surface area contributed by atoms with Gasteiger partial charge in [-0.1, -0.05) is 18.2 Å². The molecule has 8 bridgehead atoms. The smallest absolute Gasteiger partial charge is 0.136 e. The summed E-state index contributed by atoms with van der Waals surface area (Å²) in [7, 11) is 0. The van der Waals surface area contributed by atoms with Gasteiger partial charge in [-0.25, -0.2) is 13.2 Å². The first kappa shape index (κ1) is 31.4. The molecular weight excluding hydrogens is 638 g/mol. The van der Waals surface area contributed by atoms with E-state index in [4.69, 9.17) is 9.98 Å². The number of pyridine rings is 1. The van der Waals surface area contributed by atoms with E-state index in [0.29, 0.717) is 17.0 Å². The van der Waals surface area contributed by atoms with E-state index in [1.165, 1.54) is 77.0 Å². The van der Waals surface area contributed by atoms with E-state index in [2.05, 4.69) is 17.1 Å². The minimum Gasteiger partial charge on any atom is -0.660 e. The van der Waals surface area contributed by atoms with Gasteiger partial charge in [0.1, 0.15) is 17.5 Å². The number of hydrogen-bond acceptors (Lipinski definition) is 2. The zero-order valence-electron chi connectivity index (χ0n) is 26.6. The molecule has 9 aliphatic rings. The molecule has 2 aromatic heterocycles. The number of aromatic nitrogens is 2. The van der Waals surface area contributed by atoms with Crippen molar-refractivity contribution in [1.29, 1.82) is 0 Å². The van der Waals surface area contributed by atoms with E-state index in [9.17, 15) is 4.39 Å². The van der Waals surface area contributed by atoms with Crippen LogP contribution in [0.1, 0.15) is 94.0 Å². The quantitative estimate of drug-likeness (QED) is 0.276. The zero-order chi connectivity index (χ0) is 31.0. The van der Waals surface area contributed by atoms with Crippen LogP contribution in [-0.2, 0) is 22.2 Å². The van der Waals surface area contributed by atoms with Crippen LogP contribution >= 0.6 is 0 Å². The summed E-state index contributed by atoms with van der Waals surface area (Å²) in [4.78, 5) is 14.1. The van der Waals surface area contributed by atoms with Crippen molar-refractivity contribution in [2.75, 3.05) is 0 Å². The van der Waals surface area contributed by atoms with Crippen molar-refractivity contribution in [3.05, 3.63) is 107 Å². The first-order valence-electron chi connectivity index (χ1n) is 17.5. The molecule has 8 aliphatic carbocycles. The molecule has 8 saturated carbocycles. The van der Waals surface area contributed by atoms with Crippen LogP contribution in [0.3, 0.4) is 0 Å². The number of rotatable bonds is 4. The van der Waals surface area contributed by atoms with Gasteiger partial charge in [-0.15, -0.1) is 5.69 Å². The van der Waals surface area contributed by atoms with Gasteiger partial charge in [-0.3, -0.25) is 9.98 Å². The molecule has 12 rings (SSSR count). The van der Waals surface area contributed by atoms with Crippen molar-refractivity contribution in [2.45, 2.75) is 82.5 Å². The second-order valence-electron chi connectivity index (χ2n) is 16.0. The molecule has 0 spiro atoms. The molecule has 1 aromatic carbocycles. The fraction of sp³-hybridized carbons (Fsp3) is 0.500. The average molecular weight is 680 g/mol. The van der Waals surface area contributed by atoms with Crippen LogP contribution in [0.15, 0.2) is 77.7 Å². The van der Waals surface area contributed by atoms with E-state index >= 15 is 8.78 Å². The normalized spacial score (nSPS) is 36.5. The maximum atomic E-state index is 15.4. The maximum absolute atomic E-state index is 15.4. The molecule has 1 radical (unpaired) electrons. The van der Waals surface area contributed by atoms with Crippen LogP contribution < -0.4 is 4.98 Å². The zero-order valence-corrected chi connectivity index (χ0v) is 27.7. The summed E-state index contributed by atoms with van der Waals surface area (Å²) in [5.41, 5.74) is 3.60. The summed E-state index contributed by atoms with van der Waals surface area (Å²) >= 11 is 0. The van der Waals surface area contributed by atoms with Crippen LogP contribution in [0.4, 0.5) is 13.2 Å². The molecule has 47 heavy (non-hydrogen) atoms. The average Bonchev–Trinajstić information content (AvgIpc) is 3.71. The number of hydrogen-bond donors (Lipinski definition) is 0. The third-order valence-corrected chi connectivity index (χ3v) is 12.8. The van der Waals surface area contributed by atoms with Gasteiger partial charge in [0.2, 0.25) is 0 Å². The molecule has 7 heteroatoms. The van der Waals surface area contributed by atoms with Gasteiger partial charge in [0.05, 0.1) is 11.3 Å². The van der Waals surface area contributed by atoms with Crippen molar-refractivity contribution in [1.82, 2.24) is 9.97 Å². The van der Waals surface area contributed by atoms with E-state index in [1.807, 2.05) is 30.3 Å². The molecule has 0 amide bonds. The minimum atomic E-state index is -0.910. The Morgan fingerprint density at radius 1 is 0.660 bits per heavy atom. The van der Waals surface area contributed by atoms with Crippen molar-refractivity contribution >= 4 is 11.3 Å². The summed E-state index contributed by atoms with van der Waals surface area (Å²) < 4.78 is 44.8. The fourth-order valence-corrected chi connectivity index (χ4v) is 11.9. The van der Waals surface area contributed by atoms with Crippen LogP contribution in [0.25, 0.3) is 5.57 Å². The minimum absolute atomic E-state index is 0. The predicted molar refractivity (Wildman–Crippen MR) is 173 cm³/mol. The van der Waals surface area contributed by atoms with Crippen LogP contribution in [-0.4, -0.2) is 10.7 Å². The maximum Gasteiger partial charge on any atom is 0.136 e. The topological polar surface area (TPSA) is 39.4 Å². The molecule has 3 nitrogen and oxygen atoms in total. The number of aliphatic imine (C=N–C) groups is 1. The Hall–Kier alpha value is -2.90. The van der Waals surface area contributed by atoms with E-state index in [0.717, 1.165) is 59.0 Å². The van der Waals surface area contributed by atoms with Crippen molar-refractivity contribution in [2.24, 2.45) is 45.9 Å². The monoisotopic (exact) mass is 679 g/mol. The van der Waals surface area contributed by atoms with Crippen molar-refractivity contribution in [3.8, 4) is 0 Å². The van der Waals surface area contributed by atoms with Gasteiger partial charge >= 0.3 is 0 Å². The molecule has 3 heterocycles. The molecule has 8 fully saturated rings. The summed E-state index contributed by atoms with van der Waals surface area (Å²) in [6.07, 6.45) is 22.7. The molecule has 0 atom stereocenters. The van der Waals surface area contributed by atoms with Crippen LogP contribution in [0.2, 0.25) is 0 Å². The Morgan fingerprint density at radius 2 is 1.17 bits per heavy atom. The summed E-state index contributed by atoms with van der Waals surface area (Å²) in [6, 6.07) is 11.3. The second kappa shape index (κ2) is 11.9. The van der Waals surface area contributed by atoms with Crippen LogP contribution in [0.5, 0.6) is 0 Å². The molecule has 0 unspecified atom stereocenters. The van der Waals surface area contributed by atoms with E-state index in [-0.39, 0.29) is 33.2 Å².